The first kappa shape index (κ1) is 16.6. The van der Waals surface area contributed by atoms with E-state index in [1.54, 1.807) is 19.9 Å². The number of aryl methyl sites for hydroxylation is 2. The zero-order chi connectivity index (χ0) is 14.0. The van der Waals surface area contributed by atoms with Gasteiger partial charge in [0.1, 0.15) is 11.6 Å². The second kappa shape index (κ2) is 6.36. The Labute approximate surface area is 133 Å². The van der Waals surface area contributed by atoms with Gasteiger partial charge in [-0.15, -0.1) is 5.69 Å². The van der Waals surface area contributed by atoms with Crippen LogP contribution < -0.4 is 4.72 Å². The third kappa shape index (κ3) is 4.04. The van der Waals surface area contributed by atoms with E-state index in [-0.39, 0.29) is 38.8 Å². The minimum atomic E-state index is -3.69. The number of benzene rings is 1. The van der Waals surface area contributed by atoms with Gasteiger partial charge in [0.05, 0.1) is 4.90 Å². The monoisotopic (exact) mass is 384 g/mol. The van der Waals surface area contributed by atoms with Gasteiger partial charge in [0.2, 0.25) is 0 Å². The van der Waals surface area contributed by atoms with Crippen molar-refractivity contribution in [1.82, 2.24) is 9.97 Å². The van der Waals surface area contributed by atoms with Crippen LogP contribution in [-0.4, -0.2) is 18.4 Å². The molecule has 6 nitrogen and oxygen atoms in total. The predicted molar refractivity (Wildman–Crippen MR) is 72.7 cm³/mol. The van der Waals surface area contributed by atoms with Gasteiger partial charge in [0.25, 0.3) is 10.0 Å². The molecule has 0 saturated carbocycles. The fraction of sp³-hybridized carbons (Fsp3) is 0.167. The summed E-state index contributed by atoms with van der Waals surface area (Å²) in [5.74, 6) is 0.735. The molecule has 2 rings (SSSR count). The van der Waals surface area contributed by atoms with Gasteiger partial charge in [-0.05, 0) is 26.0 Å². The third-order valence-electron chi connectivity index (χ3n) is 2.37. The molecule has 0 aliphatic carbocycles. The Morgan fingerprint density at radius 1 is 1.10 bits per heavy atom. The predicted octanol–water partition coefficient (Wildman–Crippen LogP) is 2.58. The molecule has 0 fully saturated rings. The van der Waals surface area contributed by atoms with Gasteiger partial charge < -0.3 is 5.73 Å². The second-order valence-corrected chi connectivity index (χ2v) is 5.75. The van der Waals surface area contributed by atoms with Crippen LogP contribution in [0.4, 0.5) is 11.5 Å². The molecule has 0 radical (unpaired) electrons. The summed E-state index contributed by atoms with van der Waals surface area (Å²) in [6.45, 7) is 3.46. The van der Waals surface area contributed by atoms with E-state index in [1.165, 1.54) is 24.3 Å². The fourth-order valence-corrected chi connectivity index (χ4v) is 2.59. The topological polar surface area (TPSA) is 95.8 Å². The van der Waals surface area contributed by atoms with Crippen molar-refractivity contribution in [2.75, 3.05) is 4.72 Å². The van der Waals surface area contributed by atoms with Crippen molar-refractivity contribution in [3.05, 3.63) is 47.6 Å². The van der Waals surface area contributed by atoms with Crippen molar-refractivity contribution < 1.29 is 30.8 Å². The molecule has 110 valence electrons. The number of anilines is 1. The smallest absolute Gasteiger partial charge is 0.699 e. The van der Waals surface area contributed by atoms with Crippen LogP contribution >= 0.6 is 0 Å². The van der Waals surface area contributed by atoms with Crippen molar-refractivity contribution >= 4 is 21.5 Å². The molecule has 1 heterocycles. The van der Waals surface area contributed by atoms with E-state index in [2.05, 4.69) is 14.7 Å². The maximum absolute atomic E-state index is 12.1. The standard InChI is InChI=1S/C12H13N4O2S.Ag/c1-8-7-12(15-9(2)14-8)16-19(17,18)11-5-3-10(13)4-6-11;/h3-7,13H,1-2H3,(H,14,15,16);/q-1;+1. The van der Waals surface area contributed by atoms with Crippen LogP contribution in [0.2, 0.25) is 0 Å². The van der Waals surface area contributed by atoms with Gasteiger partial charge in [-0.1, -0.05) is 12.1 Å². The molecule has 0 saturated heterocycles. The Bertz CT molecular complexity index is 682. The number of sulfonamides is 1. The van der Waals surface area contributed by atoms with E-state index < -0.39 is 10.0 Å². The molecule has 8 heteroatoms. The van der Waals surface area contributed by atoms with E-state index in [0.29, 0.717) is 11.5 Å². The molecular formula is C12H13AgN4O2S. The van der Waals surface area contributed by atoms with Crippen LogP contribution in [-0.2, 0) is 32.4 Å². The summed E-state index contributed by atoms with van der Waals surface area (Å²) in [6.07, 6.45) is 0. The van der Waals surface area contributed by atoms with Gasteiger partial charge >= 0.3 is 22.4 Å². The van der Waals surface area contributed by atoms with Crippen molar-refractivity contribution in [2.45, 2.75) is 18.7 Å². The molecule has 0 atom stereocenters. The Morgan fingerprint density at radius 2 is 1.70 bits per heavy atom. The van der Waals surface area contributed by atoms with Gasteiger partial charge in [-0.3, -0.25) is 4.72 Å². The van der Waals surface area contributed by atoms with Crippen LogP contribution in [0.25, 0.3) is 5.73 Å². The maximum Gasteiger partial charge on any atom is 1.00 e. The molecule has 20 heavy (non-hydrogen) atoms. The van der Waals surface area contributed by atoms with Crippen LogP contribution in [0.1, 0.15) is 11.5 Å². The molecule has 0 aliphatic rings. The third-order valence-corrected chi connectivity index (χ3v) is 3.74. The van der Waals surface area contributed by atoms with E-state index in [9.17, 15) is 8.42 Å². The zero-order valence-corrected chi connectivity index (χ0v) is 13.1. The first-order valence-corrected chi connectivity index (χ1v) is 7.02. The molecule has 0 amide bonds. The summed E-state index contributed by atoms with van der Waals surface area (Å²) in [6, 6.07) is 7.16. The van der Waals surface area contributed by atoms with Crippen molar-refractivity contribution in [2.24, 2.45) is 0 Å². The molecule has 2 N–H and O–H groups in total. The fourth-order valence-electron chi connectivity index (χ4n) is 1.60. The minimum absolute atomic E-state index is 0. The molecular weight excluding hydrogens is 372 g/mol. The molecule has 0 spiro atoms. The molecule has 0 aliphatic heterocycles. The van der Waals surface area contributed by atoms with Gasteiger partial charge in [0.15, 0.2) is 0 Å². The largest absolute Gasteiger partial charge is 1.00 e. The van der Waals surface area contributed by atoms with Crippen molar-refractivity contribution in [3.63, 3.8) is 0 Å². The number of aromatic nitrogens is 2. The first-order valence-electron chi connectivity index (χ1n) is 5.53. The van der Waals surface area contributed by atoms with Gasteiger partial charge in [0, 0.05) is 11.8 Å². The Morgan fingerprint density at radius 3 is 2.25 bits per heavy atom. The van der Waals surface area contributed by atoms with Crippen LogP contribution in [0, 0.1) is 13.8 Å². The molecule has 1 aromatic carbocycles. The zero-order valence-electron chi connectivity index (χ0n) is 10.8. The number of hydrogen-bond donors (Lipinski definition) is 1. The normalized spacial score (nSPS) is 10.7. The summed E-state index contributed by atoms with van der Waals surface area (Å²) >= 11 is 0. The summed E-state index contributed by atoms with van der Waals surface area (Å²) in [5, 5.41) is 0. The summed E-state index contributed by atoms with van der Waals surface area (Å²) in [7, 11) is -3.69. The average molecular weight is 385 g/mol. The van der Waals surface area contributed by atoms with Crippen LogP contribution in [0.15, 0.2) is 35.2 Å². The number of nitrogens with one attached hydrogen (secondary N) is 2. The van der Waals surface area contributed by atoms with E-state index in [4.69, 9.17) is 5.73 Å². The van der Waals surface area contributed by atoms with E-state index in [1.807, 2.05) is 0 Å². The summed E-state index contributed by atoms with van der Waals surface area (Å²) in [5.41, 5.74) is 8.28. The Hall–Kier alpha value is -1.41. The second-order valence-electron chi connectivity index (χ2n) is 4.07. The van der Waals surface area contributed by atoms with Crippen LogP contribution in [0.5, 0.6) is 0 Å². The number of hydrogen-bond acceptors (Lipinski definition) is 4. The SMILES string of the molecule is Cc1cc(NS(=O)(=O)c2ccc([NH-])cc2)nc(C)n1.[Ag+]. The number of rotatable bonds is 3. The molecule has 0 unspecified atom stereocenters. The van der Waals surface area contributed by atoms with Gasteiger partial charge in [-0.2, -0.15) is 0 Å². The molecule has 2 aromatic rings. The number of nitrogens with zero attached hydrogens (tertiary/aromatic N) is 2. The van der Waals surface area contributed by atoms with E-state index >= 15 is 0 Å². The average Bonchev–Trinajstić information content (AvgIpc) is 2.27. The Kier molecular flexibility index (Phi) is 5.29. The van der Waals surface area contributed by atoms with Crippen LogP contribution in [0.3, 0.4) is 0 Å². The van der Waals surface area contributed by atoms with Crippen molar-refractivity contribution in [1.29, 1.82) is 0 Å². The Balaban J connectivity index is 0.00000200. The summed E-state index contributed by atoms with van der Waals surface area (Å²) in [4.78, 5) is 8.20. The first-order chi connectivity index (χ1) is 8.87. The summed E-state index contributed by atoms with van der Waals surface area (Å²) < 4.78 is 26.6. The van der Waals surface area contributed by atoms with E-state index in [0.717, 1.165) is 0 Å². The molecule has 1 aromatic heterocycles. The quantitative estimate of drug-likeness (QED) is 0.822. The minimum Gasteiger partial charge on any atom is -0.699 e. The van der Waals surface area contributed by atoms with Crippen molar-refractivity contribution in [3.8, 4) is 0 Å². The molecule has 0 bridgehead atoms. The van der Waals surface area contributed by atoms with Gasteiger partial charge in [-0.25, -0.2) is 18.4 Å². The maximum atomic E-state index is 12.1.